The summed E-state index contributed by atoms with van der Waals surface area (Å²) >= 11 is 0. The SMILES string of the molecule is CCCc1nc(C)c(-c2ccccc2F)cc1C(=O)O. The molecule has 0 saturated heterocycles. The molecule has 0 atom stereocenters. The van der Waals surface area contributed by atoms with Crippen LogP contribution in [0.3, 0.4) is 0 Å². The van der Waals surface area contributed by atoms with Gasteiger partial charge < -0.3 is 5.11 Å². The van der Waals surface area contributed by atoms with Crippen molar-refractivity contribution in [3.63, 3.8) is 0 Å². The van der Waals surface area contributed by atoms with E-state index in [0.29, 0.717) is 28.9 Å². The van der Waals surface area contributed by atoms with Crippen molar-refractivity contribution in [2.24, 2.45) is 0 Å². The number of rotatable bonds is 4. The van der Waals surface area contributed by atoms with Crippen LogP contribution in [-0.2, 0) is 6.42 Å². The molecule has 0 aliphatic heterocycles. The second-order valence-corrected chi connectivity index (χ2v) is 4.65. The van der Waals surface area contributed by atoms with Crippen molar-refractivity contribution in [1.29, 1.82) is 0 Å². The lowest BCUT2D eigenvalue weighted by atomic mass is 9.99. The minimum absolute atomic E-state index is 0.149. The van der Waals surface area contributed by atoms with E-state index in [0.717, 1.165) is 6.42 Å². The molecule has 20 heavy (non-hydrogen) atoms. The van der Waals surface area contributed by atoms with E-state index in [1.54, 1.807) is 25.1 Å². The van der Waals surface area contributed by atoms with Crippen LogP contribution in [0.5, 0.6) is 0 Å². The van der Waals surface area contributed by atoms with Gasteiger partial charge in [0.25, 0.3) is 0 Å². The molecule has 3 nitrogen and oxygen atoms in total. The van der Waals surface area contributed by atoms with Crippen LogP contribution in [0.2, 0.25) is 0 Å². The number of carboxylic acid groups (broad SMARTS) is 1. The van der Waals surface area contributed by atoms with Crippen LogP contribution in [0, 0.1) is 12.7 Å². The highest BCUT2D eigenvalue weighted by atomic mass is 19.1. The first-order chi connectivity index (χ1) is 9.54. The third-order valence-corrected chi connectivity index (χ3v) is 3.17. The van der Waals surface area contributed by atoms with Crippen molar-refractivity contribution in [3.8, 4) is 11.1 Å². The van der Waals surface area contributed by atoms with Gasteiger partial charge in [-0.1, -0.05) is 31.5 Å². The van der Waals surface area contributed by atoms with Gasteiger partial charge in [-0.15, -0.1) is 0 Å². The molecule has 104 valence electrons. The standard InChI is InChI=1S/C16H16FNO2/c1-3-6-15-13(16(19)20)9-12(10(2)18-15)11-7-4-5-8-14(11)17/h4-5,7-9H,3,6H2,1-2H3,(H,19,20). The van der Waals surface area contributed by atoms with E-state index in [9.17, 15) is 14.3 Å². The maximum absolute atomic E-state index is 13.9. The average Bonchev–Trinajstić information content (AvgIpc) is 2.40. The Balaban J connectivity index is 2.64. The predicted molar refractivity (Wildman–Crippen MR) is 75.3 cm³/mol. The predicted octanol–water partition coefficient (Wildman–Crippen LogP) is 3.85. The van der Waals surface area contributed by atoms with Crippen molar-refractivity contribution < 1.29 is 14.3 Å². The van der Waals surface area contributed by atoms with Gasteiger partial charge in [0.15, 0.2) is 0 Å². The molecule has 0 aliphatic carbocycles. The van der Waals surface area contributed by atoms with Crippen LogP contribution in [0.4, 0.5) is 4.39 Å². The van der Waals surface area contributed by atoms with Gasteiger partial charge >= 0.3 is 5.97 Å². The molecule has 0 amide bonds. The summed E-state index contributed by atoms with van der Waals surface area (Å²) in [5, 5.41) is 9.29. The Morgan fingerprint density at radius 2 is 2.00 bits per heavy atom. The second kappa shape index (κ2) is 5.82. The van der Waals surface area contributed by atoms with E-state index < -0.39 is 5.97 Å². The topological polar surface area (TPSA) is 50.2 Å². The van der Waals surface area contributed by atoms with Crippen LogP contribution < -0.4 is 0 Å². The molecule has 0 aliphatic rings. The number of pyridine rings is 1. The number of aromatic nitrogens is 1. The largest absolute Gasteiger partial charge is 0.478 e. The van der Waals surface area contributed by atoms with E-state index in [-0.39, 0.29) is 11.4 Å². The lowest BCUT2D eigenvalue weighted by Gasteiger charge is -2.11. The number of hydrogen-bond acceptors (Lipinski definition) is 2. The number of aromatic carboxylic acids is 1. The summed E-state index contributed by atoms with van der Waals surface area (Å²) in [6, 6.07) is 7.83. The zero-order valence-electron chi connectivity index (χ0n) is 11.5. The summed E-state index contributed by atoms with van der Waals surface area (Å²) < 4.78 is 13.9. The lowest BCUT2D eigenvalue weighted by molar-refractivity contribution is 0.0695. The Kier molecular flexibility index (Phi) is 4.13. The number of halogens is 1. The molecule has 1 aromatic carbocycles. The summed E-state index contributed by atoms with van der Waals surface area (Å²) in [5.41, 5.74) is 2.25. The average molecular weight is 273 g/mol. The Morgan fingerprint density at radius 3 is 2.60 bits per heavy atom. The van der Waals surface area contributed by atoms with Gasteiger partial charge in [0.2, 0.25) is 0 Å². The van der Waals surface area contributed by atoms with Gasteiger partial charge in [-0.2, -0.15) is 0 Å². The van der Waals surface area contributed by atoms with Gasteiger partial charge in [-0.25, -0.2) is 9.18 Å². The first kappa shape index (κ1) is 14.2. The second-order valence-electron chi connectivity index (χ2n) is 4.65. The fraction of sp³-hybridized carbons (Fsp3) is 0.250. The normalized spacial score (nSPS) is 10.6. The lowest BCUT2D eigenvalue weighted by Crippen LogP contribution is -2.07. The highest BCUT2D eigenvalue weighted by Gasteiger charge is 2.16. The number of hydrogen-bond donors (Lipinski definition) is 1. The molecule has 1 aromatic heterocycles. The molecule has 2 rings (SSSR count). The van der Waals surface area contributed by atoms with E-state index in [1.807, 2.05) is 6.92 Å². The van der Waals surface area contributed by atoms with Gasteiger partial charge in [-0.3, -0.25) is 4.98 Å². The molecular weight excluding hydrogens is 257 g/mol. The van der Waals surface area contributed by atoms with E-state index in [2.05, 4.69) is 4.98 Å². The Labute approximate surface area is 117 Å². The zero-order chi connectivity index (χ0) is 14.7. The maximum Gasteiger partial charge on any atom is 0.337 e. The van der Waals surface area contributed by atoms with Crippen molar-refractivity contribution >= 4 is 5.97 Å². The van der Waals surface area contributed by atoms with Crippen molar-refractivity contribution in [3.05, 3.63) is 53.1 Å². The molecule has 2 aromatic rings. The Morgan fingerprint density at radius 1 is 1.30 bits per heavy atom. The summed E-state index contributed by atoms with van der Waals surface area (Å²) in [6.45, 7) is 3.74. The minimum Gasteiger partial charge on any atom is -0.478 e. The van der Waals surface area contributed by atoms with Crippen LogP contribution in [0.25, 0.3) is 11.1 Å². The highest BCUT2D eigenvalue weighted by molar-refractivity contribution is 5.91. The van der Waals surface area contributed by atoms with Gasteiger partial charge in [-0.05, 0) is 25.5 Å². The van der Waals surface area contributed by atoms with Crippen LogP contribution in [-0.4, -0.2) is 16.1 Å². The van der Waals surface area contributed by atoms with Crippen molar-refractivity contribution in [2.45, 2.75) is 26.7 Å². The monoisotopic (exact) mass is 273 g/mol. The number of carbonyl (C=O) groups is 1. The zero-order valence-corrected chi connectivity index (χ0v) is 11.5. The quantitative estimate of drug-likeness (QED) is 0.920. The summed E-state index contributed by atoms with van der Waals surface area (Å²) in [6.07, 6.45) is 1.41. The molecule has 1 heterocycles. The minimum atomic E-state index is -1.03. The number of benzene rings is 1. The summed E-state index contributed by atoms with van der Waals surface area (Å²) in [4.78, 5) is 15.7. The molecule has 0 spiro atoms. The molecule has 0 fully saturated rings. The van der Waals surface area contributed by atoms with Crippen molar-refractivity contribution in [1.82, 2.24) is 4.98 Å². The molecular formula is C16H16FNO2. The van der Waals surface area contributed by atoms with E-state index in [4.69, 9.17) is 0 Å². The van der Waals surface area contributed by atoms with Gasteiger partial charge in [0.05, 0.1) is 11.3 Å². The fourth-order valence-electron chi connectivity index (χ4n) is 2.22. The first-order valence-corrected chi connectivity index (χ1v) is 6.53. The fourth-order valence-corrected chi connectivity index (χ4v) is 2.22. The molecule has 4 heteroatoms. The molecule has 1 N–H and O–H groups in total. The van der Waals surface area contributed by atoms with Crippen LogP contribution in [0.1, 0.15) is 35.1 Å². The number of carboxylic acids is 1. The number of aryl methyl sites for hydroxylation is 2. The van der Waals surface area contributed by atoms with E-state index in [1.165, 1.54) is 12.1 Å². The highest BCUT2D eigenvalue weighted by Crippen LogP contribution is 2.27. The number of nitrogens with zero attached hydrogens (tertiary/aromatic N) is 1. The van der Waals surface area contributed by atoms with Gasteiger partial charge in [0, 0.05) is 16.8 Å². The van der Waals surface area contributed by atoms with Crippen LogP contribution in [0.15, 0.2) is 30.3 Å². The molecule has 0 bridgehead atoms. The summed E-state index contributed by atoms with van der Waals surface area (Å²) in [5.74, 6) is -1.41. The van der Waals surface area contributed by atoms with Gasteiger partial charge in [0.1, 0.15) is 5.82 Å². The molecule has 0 unspecified atom stereocenters. The summed E-state index contributed by atoms with van der Waals surface area (Å²) in [7, 11) is 0. The van der Waals surface area contributed by atoms with Crippen LogP contribution >= 0.6 is 0 Å². The maximum atomic E-state index is 13.9. The molecule has 0 saturated carbocycles. The third-order valence-electron chi connectivity index (χ3n) is 3.17. The Bertz CT molecular complexity index is 653. The smallest absolute Gasteiger partial charge is 0.337 e. The third kappa shape index (κ3) is 2.69. The first-order valence-electron chi connectivity index (χ1n) is 6.53. The van der Waals surface area contributed by atoms with E-state index >= 15 is 0 Å². The van der Waals surface area contributed by atoms with Crippen molar-refractivity contribution in [2.75, 3.05) is 0 Å². The molecule has 0 radical (unpaired) electrons. The Hall–Kier alpha value is -2.23.